The molecule has 1 fully saturated rings. The van der Waals surface area contributed by atoms with Gasteiger partial charge in [-0.25, -0.2) is 8.78 Å². The zero-order valence-electron chi connectivity index (χ0n) is 7.66. The van der Waals surface area contributed by atoms with Crippen LogP contribution in [0, 0.1) is 5.92 Å². The van der Waals surface area contributed by atoms with Gasteiger partial charge >= 0.3 is 0 Å². The lowest BCUT2D eigenvalue weighted by Gasteiger charge is -2.34. The first-order valence-corrected chi connectivity index (χ1v) is 4.03. The number of hydrogen-bond donors (Lipinski definition) is 1. The van der Waals surface area contributed by atoms with Gasteiger partial charge in [-0.2, -0.15) is 0 Å². The van der Waals surface area contributed by atoms with Crippen molar-refractivity contribution < 1.29 is 8.78 Å². The van der Waals surface area contributed by atoms with Gasteiger partial charge in [0.2, 0.25) is 0 Å². The van der Waals surface area contributed by atoms with E-state index in [9.17, 15) is 8.78 Å². The molecule has 1 atom stereocenters. The summed E-state index contributed by atoms with van der Waals surface area (Å²) in [4.78, 5) is 0. The second kappa shape index (κ2) is 3.46. The summed E-state index contributed by atoms with van der Waals surface area (Å²) < 4.78 is 26.4. The molecule has 12 heavy (non-hydrogen) atoms. The van der Waals surface area contributed by atoms with Gasteiger partial charge in [0.25, 0.3) is 5.92 Å². The molecule has 0 saturated carbocycles. The minimum atomic E-state index is -2.54. The van der Waals surface area contributed by atoms with Crippen molar-refractivity contribution in [3.8, 4) is 0 Å². The van der Waals surface area contributed by atoms with Crippen molar-refractivity contribution in [3.63, 3.8) is 0 Å². The molecule has 0 spiro atoms. The van der Waals surface area contributed by atoms with Crippen molar-refractivity contribution >= 4 is 12.4 Å². The second-order valence-corrected chi connectivity index (χ2v) is 3.74. The first-order chi connectivity index (χ1) is 4.90. The summed E-state index contributed by atoms with van der Waals surface area (Å²) >= 11 is 0. The van der Waals surface area contributed by atoms with E-state index in [0.29, 0.717) is 6.54 Å². The average molecular weight is 200 g/mol. The van der Waals surface area contributed by atoms with Gasteiger partial charge in [-0.3, -0.25) is 0 Å². The Morgan fingerprint density at radius 1 is 1.33 bits per heavy atom. The van der Waals surface area contributed by atoms with Crippen LogP contribution in [-0.2, 0) is 0 Å². The monoisotopic (exact) mass is 199 g/mol. The van der Waals surface area contributed by atoms with Gasteiger partial charge in [0, 0.05) is 13.0 Å². The number of alkyl halides is 2. The minimum Gasteiger partial charge on any atom is -0.306 e. The molecule has 4 heteroatoms. The average Bonchev–Trinajstić information content (AvgIpc) is 2.09. The molecule has 0 aromatic rings. The van der Waals surface area contributed by atoms with E-state index >= 15 is 0 Å². The van der Waals surface area contributed by atoms with Gasteiger partial charge in [0.15, 0.2) is 0 Å². The molecule has 1 aliphatic rings. The van der Waals surface area contributed by atoms with Crippen LogP contribution in [0.15, 0.2) is 0 Å². The van der Waals surface area contributed by atoms with Crippen LogP contribution in [-0.4, -0.2) is 18.0 Å². The van der Waals surface area contributed by atoms with Crippen molar-refractivity contribution in [2.45, 2.75) is 38.7 Å². The molecular formula is C8H16ClF2N. The molecule has 1 rings (SSSR count). The fourth-order valence-electron chi connectivity index (χ4n) is 1.49. The summed E-state index contributed by atoms with van der Waals surface area (Å²) in [6.45, 7) is 5.69. The Labute approximate surface area is 78.3 Å². The molecule has 0 aromatic carbocycles. The standard InChI is InChI=1S/C8H15F2N.ClH/c1-6(2)7(3)8(9,10)4-5-11-7;/h6,11H,4-5H2,1-3H3;1H. The summed E-state index contributed by atoms with van der Waals surface area (Å²) in [5, 5.41) is 2.87. The highest BCUT2D eigenvalue weighted by atomic mass is 35.5. The molecule has 1 N–H and O–H groups in total. The van der Waals surface area contributed by atoms with Crippen LogP contribution in [0.3, 0.4) is 0 Å². The molecule has 1 aliphatic heterocycles. The Bertz CT molecular complexity index is 161. The summed E-state index contributed by atoms with van der Waals surface area (Å²) in [6, 6.07) is 0. The van der Waals surface area contributed by atoms with Crippen LogP contribution in [0.2, 0.25) is 0 Å². The van der Waals surface area contributed by atoms with E-state index in [1.807, 2.05) is 13.8 Å². The lowest BCUT2D eigenvalue weighted by atomic mass is 9.84. The van der Waals surface area contributed by atoms with E-state index < -0.39 is 11.5 Å². The molecule has 0 aromatic heterocycles. The maximum Gasteiger partial charge on any atom is 0.267 e. The van der Waals surface area contributed by atoms with Crippen LogP contribution in [0.25, 0.3) is 0 Å². The third kappa shape index (κ3) is 1.57. The summed E-state index contributed by atoms with van der Waals surface area (Å²) in [6.07, 6.45) is -0.0261. The summed E-state index contributed by atoms with van der Waals surface area (Å²) in [5.74, 6) is -2.57. The third-order valence-corrected chi connectivity index (χ3v) is 2.85. The van der Waals surface area contributed by atoms with E-state index in [4.69, 9.17) is 0 Å². The SMILES string of the molecule is CC(C)C1(C)NCCC1(F)F.Cl. The van der Waals surface area contributed by atoms with Gasteiger partial charge < -0.3 is 5.32 Å². The van der Waals surface area contributed by atoms with Gasteiger partial charge in [0.05, 0.1) is 5.54 Å². The Morgan fingerprint density at radius 2 is 1.83 bits per heavy atom. The maximum absolute atomic E-state index is 13.2. The molecule has 0 aliphatic carbocycles. The lowest BCUT2D eigenvalue weighted by Crippen LogP contribution is -2.53. The molecule has 0 amide bonds. The van der Waals surface area contributed by atoms with E-state index in [2.05, 4.69) is 5.32 Å². The molecule has 0 bridgehead atoms. The number of rotatable bonds is 1. The lowest BCUT2D eigenvalue weighted by molar-refractivity contribution is -0.0711. The van der Waals surface area contributed by atoms with E-state index in [1.165, 1.54) is 0 Å². The second-order valence-electron chi connectivity index (χ2n) is 3.74. The molecule has 74 valence electrons. The van der Waals surface area contributed by atoms with Crippen LogP contribution in [0.4, 0.5) is 8.78 Å². The van der Waals surface area contributed by atoms with Crippen molar-refractivity contribution in [3.05, 3.63) is 0 Å². The number of hydrogen-bond acceptors (Lipinski definition) is 1. The van der Waals surface area contributed by atoms with E-state index in [0.717, 1.165) is 0 Å². The topological polar surface area (TPSA) is 12.0 Å². The zero-order valence-corrected chi connectivity index (χ0v) is 8.47. The fraction of sp³-hybridized carbons (Fsp3) is 1.00. The van der Waals surface area contributed by atoms with E-state index in [-0.39, 0.29) is 24.7 Å². The summed E-state index contributed by atoms with van der Waals surface area (Å²) in [5.41, 5.74) is -0.993. The number of halogens is 3. The van der Waals surface area contributed by atoms with Crippen molar-refractivity contribution in [2.75, 3.05) is 6.54 Å². The highest BCUT2D eigenvalue weighted by Gasteiger charge is 2.55. The zero-order chi connectivity index (χ0) is 8.70. The quantitative estimate of drug-likeness (QED) is 0.684. The first kappa shape index (κ1) is 12.1. The highest BCUT2D eigenvalue weighted by molar-refractivity contribution is 5.85. The van der Waals surface area contributed by atoms with Crippen molar-refractivity contribution in [2.24, 2.45) is 5.92 Å². The predicted molar refractivity (Wildman–Crippen MR) is 48.1 cm³/mol. The van der Waals surface area contributed by atoms with Gasteiger partial charge in [-0.05, 0) is 12.8 Å². The van der Waals surface area contributed by atoms with Crippen LogP contribution >= 0.6 is 12.4 Å². The molecule has 1 saturated heterocycles. The minimum absolute atomic E-state index is 0. The van der Waals surface area contributed by atoms with Gasteiger partial charge in [-0.15, -0.1) is 12.4 Å². The number of nitrogens with one attached hydrogen (secondary N) is 1. The van der Waals surface area contributed by atoms with Gasteiger partial charge in [0.1, 0.15) is 0 Å². The van der Waals surface area contributed by atoms with E-state index in [1.54, 1.807) is 6.92 Å². The van der Waals surface area contributed by atoms with Crippen LogP contribution < -0.4 is 5.32 Å². The largest absolute Gasteiger partial charge is 0.306 e. The molecule has 1 nitrogen and oxygen atoms in total. The van der Waals surface area contributed by atoms with Crippen molar-refractivity contribution in [1.82, 2.24) is 5.32 Å². The first-order valence-electron chi connectivity index (χ1n) is 4.03. The molecule has 1 unspecified atom stereocenters. The molecular weight excluding hydrogens is 184 g/mol. The highest BCUT2D eigenvalue weighted by Crippen LogP contribution is 2.40. The third-order valence-electron chi connectivity index (χ3n) is 2.85. The van der Waals surface area contributed by atoms with Crippen LogP contribution in [0.1, 0.15) is 27.2 Å². The van der Waals surface area contributed by atoms with Crippen LogP contribution in [0.5, 0.6) is 0 Å². The molecule has 0 radical (unpaired) electrons. The Kier molecular flexibility index (Phi) is 3.49. The Balaban J connectivity index is 0.00000121. The molecule has 1 heterocycles. The Hall–Kier alpha value is 0.110. The Morgan fingerprint density at radius 3 is 2.00 bits per heavy atom. The smallest absolute Gasteiger partial charge is 0.267 e. The maximum atomic E-state index is 13.2. The van der Waals surface area contributed by atoms with Crippen molar-refractivity contribution in [1.29, 1.82) is 0 Å². The normalized spacial score (nSPS) is 33.5. The predicted octanol–water partition coefficient (Wildman–Crippen LogP) is 2.45. The summed E-state index contributed by atoms with van der Waals surface area (Å²) in [7, 11) is 0. The fourth-order valence-corrected chi connectivity index (χ4v) is 1.49. The van der Waals surface area contributed by atoms with Gasteiger partial charge in [-0.1, -0.05) is 13.8 Å².